The molecule has 0 amide bonds. The van der Waals surface area contributed by atoms with Crippen LogP contribution in [-0.4, -0.2) is 5.78 Å². The summed E-state index contributed by atoms with van der Waals surface area (Å²) in [5.74, 6) is 0.176. The van der Waals surface area contributed by atoms with E-state index in [0.717, 1.165) is 0 Å². The molecule has 0 unspecified atom stereocenters. The van der Waals surface area contributed by atoms with Gasteiger partial charge in [-0.15, -0.1) is 0 Å². The van der Waals surface area contributed by atoms with Crippen LogP contribution in [0.2, 0.25) is 0 Å². The summed E-state index contributed by atoms with van der Waals surface area (Å²) in [5, 5.41) is 2.86. The molecule has 9 heavy (non-hydrogen) atoms. The highest BCUT2D eigenvalue weighted by atomic mass is 16.1. The molecule has 0 spiro atoms. The summed E-state index contributed by atoms with van der Waals surface area (Å²) >= 11 is 0. The Morgan fingerprint density at radius 3 is 2.33 bits per heavy atom. The second-order valence-electron chi connectivity index (χ2n) is 2.02. The van der Waals surface area contributed by atoms with Gasteiger partial charge in [0.1, 0.15) is 5.78 Å². The maximum atomic E-state index is 10.7. The first-order valence-corrected chi connectivity index (χ1v) is 2.90. The molecular formula is C7H9NO. The van der Waals surface area contributed by atoms with Crippen molar-refractivity contribution < 1.29 is 4.79 Å². The van der Waals surface area contributed by atoms with E-state index in [4.69, 9.17) is 0 Å². The molecule has 0 aromatic rings. The summed E-state index contributed by atoms with van der Waals surface area (Å²) in [7, 11) is 0. The maximum absolute atomic E-state index is 10.7. The van der Waals surface area contributed by atoms with Gasteiger partial charge in [-0.2, -0.15) is 0 Å². The zero-order valence-electron chi connectivity index (χ0n) is 5.29. The number of nitrogens with one attached hydrogen (secondary N) is 1. The molecule has 0 aromatic carbocycles. The van der Waals surface area contributed by atoms with E-state index in [1.165, 1.54) is 0 Å². The van der Waals surface area contributed by atoms with E-state index in [0.29, 0.717) is 0 Å². The van der Waals surface area contributed by atoms with Crippen LogP contribution in [0.4, 0.5) is 0 Å². The Balaban J connectivity index is 2.60. The molecule has 1 N–H and O–H groups in total. The van der Waals surface area contributed by atoms with E-state index < -0.39 is 0 Å². The van der Waals surface area contributed by atoms with Crippen molar-refractivity contribution in [3.63, 3.8) is 0 Å². The van der Waals surface area contributed by atoms with Crippen molar-refractivity contribution >= 4 is 5.78 Å². The Labute approximate surface area is 54.3 Å². The molecule has 1 aliphatic heterocycles. The molecule has 1 aliphatic rings. The van der Waals surface area contributed by atoms with E-state index in [2.05, 4.69) is 5.32 Å². The van der Waals surface area contributed by atoms with Crippen LogP contribution in [0.3, 0.4) is 0 Å². The van der Waals surface area contributed by atoms with Crippen molar-refractivity contribution in [3.05, 3.63) is 24.6 Å². The van der Waals surface area contributed by atoms with Gasteiger partial charge in [-0.3, -0.25) is 4.79 Å². The molecule has 0 radical (unpaired) electrons. The summed E-state index contributed by atoms with van der Waals surface area (Å²) in [6.45, 7) is 1.59. The number of allylic oxidation sites excluding steroid dienone is 2. The van der Waals surface area contributed by atoms with Gasteiger partial charge in [0, 0.05) is 0 Å². The summed E-state index contributed by atoms with van der Waals surface area (Å²) in [4.78, 5) is 10.7. The lowest BCUT2D eigenvalue weighted by atomic mass is 10.0. The van der Waals surface area contributed by atoms with Crippen molar-refractivity contribution in [1.82, 2.24) is 5.32 Å². The number of carbonyl (C=O) groups excluding carboxylic acids is 1. The number of Topliss-reactive ketones (excluding diaryl/α,β-unsaturated/α-hetero) is 1. The van der Waals surface area contributed by atoms with Gasteiger partial charge in [0.2, 0.25) is 0 Å². The first-order valence-electron chi connectivity index (χ1n) is 2.90. The lowest BCUT2D eigenvalue weighted by Crippen LogP contribution is -2.10. The normalized spacial score (nSPS) is 17.4. The number of ketones is 1. The van der Waals surface area contributed by atoms with Gasteiger partial charge in [-0.25, -0.2) is 0 Å². The lowest BCUT2D eigenvalue weighted by Gasteiger charge is -2.05. The average Bonchev–Trinajstić information content (AvgIpc) is 1.90. The predicted molar refractivity (Wildman–Crippen MR) is 35.6 cm³/mol. The second kappa shape index (κ2) is 2.49. The summed E-state index contributed by atoms with van der Waals surface area (Å²) in [6, 6.07) is 0. The van der Waals surface area contributed by atoms with Gasteiger partial charge < -0.3 is 5.32 Å². The highest BCUT2D eigenvalue weighted by Gasteiger charge is 2.06. The summed E-state index contributed by atoms with van der Waals surface area (Å²) in [6.07, 6.45) is 7.21. The Morgan fingerprint density at radius 2 is 2.00 bits per heavy atom. The van der Waals surface area contributed by atoms with Crippen LogP contribution in [-0.2, 0) is 4.79 Å². The first-order chi connectivity index (χ1) is 4.30. The largest absolute Gasteiger partial charge is 0.368 e. The number of hydrogen-bond donors (Lipinski definition) is 1. The van der Waals surface area contributed by atoms with Crippen molar-refractivity contribution in [2.45, 2.75) is 6.92 Å². The van der Waals surface area contributed by atoms with Crippen LogP contribution in [0.5, 0.6) is 0 Å². The third kappa shape index (κ3) is 1.42. The second-order valence-corrected chi connectivity index (χ2v) is 2.02. The lowest BCUT2D eigenvalue weighted by molar-refractivity contribution is -0.118. The minimum absolute atomic E-state index is 0.00810. The molecule has 0 fully saturated rings. The minimum Gasteiger partial charge on any atom is -0.368 e. The Morgan fingerprint density at radius 1 is 1.44 bits per heavy atom. The molecule has 1 heterocycles. The number of dihydropyridines is 1. The maximum Gasteiger partial charge on any atom is 0.140 e. The highest BCUT2D eigenvalue weighted by Crippen LogP contribution is 2.04. The highest BCUT2D eigenvalue weighted by molar-refractivity contribution is 5.82. The van der Waals surface area contributed by atoms with Crippen molar-refractivity contribution in [1.29, 1.82) is 0 Å². The summed E-state index contributed by atoms with van der Waals surface area (Å²) in [5.41, 5.74) is 0. The fourth-order valence-corrected chi connectivity index (χ4v) is 0.709. The zero-order valence-corrected chi connectivity index (χ0v) is 5.29. The molecule has 2 heteroatoms. The van der Waals surface area contributed by atoms with Crippen LogP contribution < -0.4 is 5.32 Å². The van der Waals surface area contributed by atoms with E-state index in [-0.39, 0.29) is 11.7 Å². The van der Waals surface area contributed by atoms with Gasteiger partial charge >= 0.3 is 0 Å². The third-order valence-corrected chi connectivity index (χ3v) is 1.27. The molecule has 0 saturated carbocycles. The monoisotopic (exact) mass is 123 g/mol. The SMILES string of the molecule is CC(=O)C1C=CNC=C1. The van der Waals surface area contributed by atoms with E-state index in [1.807, 2.05) is 12.2 Å². The zero-order chi connectivity index (χ0) is 6.69. The molecule has 0 bridgehead atoms. The number of carbonyl (C=O) groups is 1. The van der Waals surface area contributed by atoms with Gasteiger partial charge in [-0.1, -0.05) is 12.2 Å². The van der Waals surface area contributed by atoms with Crippen LogP contribution in [0, 0.1) is 5.92 Å². The van der Waals surface area contributed by atoms with Crippen LogP contribution >= 0.6 is 0 Å². The smallest absolute Gasteiger partial charge is 0.140 e. The van der Waals surface area contributed by atoms with Gasteiger partial charge in [0.15, 0.2) is 0 Å². The first kappa shape index (κ1) is 6.08. The van der Waals surface area contributed by atoms with Crippen molar-refractivity contribution in [2.24, 2.45) is 5.92 Å². The molecule has 0 aromatic heterocycles. The third-order valence-electron chi connectivity index (χ3n) is 1.27. The minimum atomic E-state index is -0.00810. The standard InChI is InChI=1S/C7H9NO/c1-6(9)7-2-4-8-5-3-7/h2-5,7-8H,1H3. The topological polar surface area (TPSA) is 29.1 Å². The Hall–Kier alpha value is -1.05. The predicted octanol–water partition coefficient (Wildman–Crippen LogP) is 0.822. The number of hydrogen-bond acceptors (Lipinski definition) is 2. The average molecular weight is 123 g/mol. The quantitative estimate of drug-likeness (QED) is 0.559. The fraction of sp³-hybridized carbons (Fsp3) is 0.286. The molecule has 2 nitrogen and oxygen atoms in total. The van der Waals surface area contributed by atoms with Gasteiger partial charge in [-0.05, 0) is 19.3 Å². The molecule has 1 rings (SSSR count). The molecule has 0 aliphatic carbocycles. The van der Waals surface area contributed by atoms with Crippen LogP contribution in [0.25, 0.3) is 0 Å². The van der Waals surface area contributed by atoms with Crippen molar-refractivity contribution in [2.75, 3.05) is 0 Å². The van der Waals surface area contributed by atoms with Crippen molar-refractivity contribution in [3.8, 4) is 0 Å². The van der Waals surface area contributed by atoms with E-state index in [1.54, 1.807) is 19.3 Å². The van der Waals surface area contributed by atoms with E-state index >= 15 is 0 Å². The van der Waals surface area contributed by atoms with E-state index in [9.17, 15) is 4.79 Å². The Kier molecular flexibility index (Phi) is 1.68. The van der Waals surface area contributed by atoms with Crippen LogP contribution in [0.1, 0.15) is 6.92 Å². The fourth-order valence-electron chi connectivity index (χ4n) is 0.709. The van der Waals surface area contributed by atoms with Gasteiger partial charge in [0.25, 0.3) is 0 Å². The molecule has 48 valence electrons. The summed E-state index contributed by atoms with van der Waals surface area (Å²) < 4.78 is 0. The molecule has 0 atom stereocenters. The molecule has 0 saturated heterocycles. The van der Waals surface area contributed by atoms with Crippen LogP contribution in [0.15, 0.2) is 24.6 Å². The Bertz CT molecular complexity index is 158. The van der Waals surface area contributed by atoms with Gasteiger partial charge in [0.05, 0.1) is 5.92 Å². The molecular weight excluding hydrogens is 114 g/mol. The number of rotatable bonds is 1.